The first-order chi connectivity index (χ1) is 11.4. The highest BCUT2D eigenvalue weighted by molar-refractivity contribution is 7.89. The molecule has 2 heterocycles. The fraction of sp³-hybridized carbons (Fsp3) is 0.944. The normalized spacial score (nSPS) is 33.1. The number of hydrogen-bond donors (Lipinski definition) is 0. The summed E-state index contributed by atoms with van der Waals surface area (Å²) in [5.74, 6) is 0.199. The molecule has 3 fully saturated rings. The van der Waals surface area contributed by atoms with Gasteiger partial charge in [0.15, 0.2) is 0 Å². The van der Waals surface area contributed by atoms with E-state index in [1.807, 2.05) is 0 Å². The van der Waals surface area contributed by atoms with Crippen molar-refractivity contribution in [3.8, 4) is 0 Å². The van der Waals surface area contributed by atoms with Gasteiger partial charge in [-0.3, -0.25) is 0 Å². The summed E-state index contributed by atoms with van der Waals surface area (Å²) in [5, 5.41) is -0.184. The summed E-state index contributed by atoms with van der Waals surface area (Å²) in [6.45, 7) is 2.77. The molecule has 2 saturated heterocycles. The summed E-state index contributed by atoms with van der Waals surface area (Å²) in [6, 6.07) is 0. The smallest absolute Gasteiger partial charge is 0.217 e. The lowest BCUT2D eigenvalue weighted by molar-refractivity contribution is -0.118. The number of ketones is 1. The number of ether oxygens (including phenoxy) is 1. The van der Waals surface area contributed by atoms with Crippen molar-refractivity contribution < 1.29 is 17.9 Å². The van der Waals surface area contributed by atoms with E-state index in [9.17, 15) is 13.2 Å². The van der Waals surface area contributed by atoms with Crippen LogP contribution in [0, 0.1) is 0 Å². The Morgan fingerprint density at radius 1 is 1.12 bits per heavy atom. The maximum Gasteiger partial charge on any atom is 0.217 e. The van der Waals surface area contributed by atoms with Gasteiger partial charge in [-0.2, -0.15) is 4.31 Å². The zero-order valence-corrected chi connectivity index (χ0v) is 15.7. The molecule has 1 aliphatic carbocycles. The monoisotopic (exact) mass is 357 g/mol. The Hall–Kier alpha value is -0.460. The highest BCUT2D eigenvalue weighted by atomic mass is 32.2. The minimum atomic E-state index is -3.19. The fourth-order valence-electron chi connectivity index (χ4n) is 4.61. The SMILES string of the molecule is CC(=O)CC[C@@H]1CC[C@]2(CCCN(S(=O)(=O)C3CCCCC3)C2)O1. The van der Waals surface area contributed by atoms with Gasteiger partial charge in [0.25, 0.3) is 0 Å². The summed E-state index contributed by atoms with van der Waals surface area (Å²) in [6.07, 6.45) is 10.0. The maximum atomic E-state index is 13.0. The molecule has 0 aromatic rings. The molecule has 0 unspecified atom stereocenters. The van der Waals surface area contributed by atoms with Gasteiger partial charge in [0.1, 0.15) is 5.78 Å². The molecule has 0 bridgehead atoms. The van der Waals surface area contributed by atoms with E-state index in [0.717, 1.165) is 64.2 Å². The standard InChI is InChI=1S/C18H31NO4S/c1-15(20)8-9-16-10-12-18(23-16)11-5-13-19(14-18)24(21,22)17-6-3-2-4-7-17/h16-17H,2-14H2,1H3/t16-,18+/m1/s1. The number of carbonyl (C=O) groups excluding carboxylic acids is 1. The van der Waals surface area contributed by atoms with Crippen LogP contribution in [0.15, 0.2) is 0 Å². The average Bonchev–Trinajstić information content (AvgIpc) is 2.96. The van der Waals surface area contributed by atoms with Gasteiger partial charge in [0.05, 0.1) is 17.0 Å². The van der Waals surface area contributed by atoms with Crippen molar-refractivity contribution in [1.82, 2.24) is 4.31 Å². The Balaban J connectivity index is 1.63. The number of hydrogen-bond acceptors (Lipinski definition) is 4. The molecule has 138 valence electrons. The average molecular weight is 358 g/mol. The summed E-state index contributed by atoms with van der Waals surface area (Å²) in [7, 11) is -3.19. The van der Waals surface area contributed by atoms with E-state index in [2.05, 4.69) is 0 Å². The molecule has 6 heteroatoms. The van der Waals surface area contributed by atoms with E-state index in [-0.39, 0.29) is 22.7 Å². The Labute approximate surface area is 146 Å². The van der Waals surface area contributed by atoms with Crippen LogP contribution in [0.25, 0.3) is 0 Å². The van der Waals surface area contributed by atoms with E-state index in [1.165, 1.54) is 0 Å². The van der Waals surface area contributed by atoms with Crippen molar-refractivity contribution >= 4 is 15.8 Å². The lowest BCUT2D eigenvalue weighted by Gasteiger charge is -2.41. The Morgan fingerprint density at radius 3 is 2.58 bits per heavy atom. The Kier molecular flexibility index (Phi) is 5.67. The zero-order chi connectivity index (χ0) is 17.2. The van der Waals surface area contributed by atoms with Crippen molar-refractivity contribution in [1.29, 1.82) is 0 Å². The fourth-order valence-corrected chi connectivity index (χ4v) is 6.76. The largest absolute Gasteiger partial charge is 0.370 e. The third-order valence-electron chi connectivity index (χ3n) is 5.99. The van der Waals surface area contributed by atoms with E-state index in [0.29, 0.717) is 19.5 Å². The van der Waals surface area contributed by atoms with Crippen LogP contribution in [0.1, 0.15) is 77.6 Å². The number of nitrogens with zero attached hydrogens (tertiary/aromatic N) is 1. The molecule has 24 heavy (non-hydrogen) atoms. The van der Waals surface area contributed by atoms with Gasteiger partial charge in [0.2, 0.25) is 10.0 Å². The molecule has 2 atom stereocenters. The molecule has 1 spiro atoms. The van der Waals surface area contributed by atoms with Crippen LogP contribution in [-0.4, -0.2) is 48.6 Å². The molecular weight excluding hydrogens is 326 g/mol. The summed E-state index contributed by atoms with van der Waals surface area (Å²) in [4.78, 5) is 11.2. The molecule has 3 rings (SSSR count). The first-order valence-electron chi connectivity index (χ1n) is 9.58. The third-order valence-corrected chi connectivity index (χ3v) is 8.34. The lowest BCUT2D eigenvalue weighted by atomic mass is 9.91. The van der Waals surface area contributed by atoms with Crippen LogP contribution in [0.4, 0.5) is 0 Å². The molecule has 1 saturated carbocycles. The van der Waals surface area contributed by atoms with Crippen molar-refractivity contribution in [2.75, 3.05) is 13.1 Å². The van der Waals surface area contributed by atoms with Gasteiger partial charge in [-0.15, -0.1) is 0 Å². The molecule has 5 nitrogen and oxygen atoms in total. The zero-order valence-electron chi connectivity index (χ0n) is 14.8. The highest BCUT2D eigenvalue weighted by Gasteiger charge is 2.46. The van der Waals surface area contributed by atoms with E-state index in [1.54, 1.807) is 11.2 Å². The molecule has 0 amide bonds. The number of sulfonamides is 1. The lowest BCUT2D eigenvalue weighted by Crippen LogP contribution is -2.52. The van der Waals surface area contributed by atoms with Crippen LogP contribution >= 0.6 is 0 Å². The van der Waals surface area contributed by atoms with Crippen molar-refractivity contribution in [2.24, 2.45) is 0 Å². The van der Waals surface area contributed by atoms with Gasteiger partial charge < -0.3 is 9.53 Å². The van der Waals surface area contributed by atoms with E-state index >= 15 is 0 Å². The van der Waals surface area contributed by atoms with Gasteiger partial charge >= 0.3 is 0 Å². The van der Waals surface area contributed by atoms with Crippen LogP contribution < -0.4 is 0 Å². The molecular formula is C18H31NO4S. The van der Waals surface area contributed by atoms with Crippen LogP contribution in [0.5, 0.6) is 0 Å². The second kappa shape index (κ2) is 7.42. The molecule has 0 aromatic heterocycles. The molecule has 0 aromatic carbocycles. The molecule has 0 N–H and O–H groups in total. The number of carbonyl (C=O) groups is 1. The second-order valence-corrected chi connectivity index (χ2v) is 10.2. The Morgan fingerprint density at radius 2 is 1.88 bits per heavy atom. The van der Waals surface area contributed by atoms with Crippen molar-refractivity contribution in [2.45, 2.75) is 94.5 Å². The minimum Gasteiger partial charge on any atom is -0.370 e. The molecule has 0 radical (unpaired) electrons. The van der Waals surface area contributed by atoms with Crippen LogP contribution in [-0.2, 0) is 19.6 Å². The summed E-state index contributed by atoms with van der Waals surface area (Å²) < 4.78 is 34.0. The first kappa shape index (κ1) is 18.3. The van der Waals surface area contributed by atoms with Crippen molar-refractivity contribution in [3.05, 3.63) is 0 Å². The highest BCUT2D eigenvalue weighted by Crippen LogP contribution is 2.40. The molecule has 3 aliphatic rings. The Bertz CT molecular complexity index is 555. The molecule has 2 aliphatic heterocycles. The van der Waals surface area contributed by atoms with Gasteiger partial charge in [-0.1, -0.05) is 19.3 Å². The quantitative estimate of drug-likeness (QED) is 0.759. The van der Waals surface area contributed by atoms with Crippen molar-refractivity contribution in [3.63, 3.8) is 0 Å². The summed E-state index contributed by atoms with van der Waals surface area (Å²) >= 11 is 0. The van der Waals surface area contributed by atoms with Crippen LogP contribution in [0.3, 0.4) is 0 Å². The first-order valence-corrected chi connectivity index (χ1v) is 11.1. The van der Waals surface area contributed by atoms with Gasteiger partial charge in [-0.25, -0.2) is 8.42 Å². The predicted molar refractivity (Wildman–Crippen MR) is 93.4 cm³/mol. The minimum absolute atomic E-state index is 0.117. The van der Waals surface area contributed by atoms with Gasteiger partial charge in [0, 0.05) is 19.5 Å². The van der Waals surface area contributed by atoms with Crippen LogP contribution in [0.2, 0.25) is 0 Å². The second-order valence-electron chi connectivity index (χ2n) is 7.94. The number of rotatable bonds is 5. The number of Topliss-reactive ketones (excluding diaryl/α,β-unsaturated/α-hetero) is 1. The van der Waals surface area contributed by atoms with E-state index < -0.39 is 10.0 Å². The predicted octanol–water partition coefficient (Wildman–Crippen LogP) is 3.03. The number of piperidine rings is 1. The summed E-state index contributed by atoms with van der Waals surface area (Å²) in [5.41, 5.74) is -0.304. The van der Waals surface area contributed by atoms with E-state index in [4.69, 9.17) is 4.74 Å². The van der Waals surface area contributed by atoms with Gasteiger partial charge in [-0.05, 0) is 51.9 Å². The topological polar surface area (TPSA) is 63.7 Å². The maximum absolute atomic E-state index is 13.0. The third kappa shape index (κ3) is 4.02.